The average Bonchev–Trinajstić information content (AvgIpc) is 2.62. The van der Waals surface area contributed by atoms with Gasteiger partial charge in [0.15, 0.2) is 5.75 Å². The molecule has 1 amide bonds. The third kappa shape index (κ3) is 4.14. The lowest BCUT2D eigenvalue weighted by atomic mass is 10.2. The minimum absolute atomic E-state index is 0.293. The topological polar surface area (TPSA) is 101 Å². The van der Waals surface area contributed by atoms with Crippen molar-refractivity contribution in [2.75, 3.05) is 5.32 Å². The number of nitrogens with zero attached hydrogens (tertiary/aromatic N) is 4. The molecule has 0 aliphatic rings. The number of pyridine rings is 1. The predicted molar refractivity (Wildman–Crippen MR) is 90.2 cm³/mol. The van der Waals surface area contributed by atoms with Gasteiger partial charge >= 0.3 is 0 Å². The van der Waals surface area contributed by atoms with Gasteiger partial charge in [-0.3, -0.25) is 9.78 Å². The highest BCUT2D eigenvalue weighted by Crippen LogP contribution is 2.25. The van der Waals surface area contributed by atoms with Gasteiger partial charge in [0.05, 0.1) is 24.0 Å². The Balaban J connectivity index is 1.85. The van der Waals surface area contributed by atoms with Crippen molar-refractivity contribution in [1.29, 1.82) is 5.26 Å². The molecule has 0 spiro atoms. The van der Waals surface area contributed by atoms with Gasteiger partial charge in [0.2, 0.25) is 0 Å². The number of carbonyl (C=O) groups is 1. The van der Waals surface area contributed by atoms with E-state index in [1.165, 1.54) is 18.7 Å². The summed E-state index contributed by atoms with van der Waals surface area (Å²) in [5.74, 6) is 0.448. The van der Waals surface area contributed by atoms with Crippen LogP contribution in [0.15, 0.2) is 55.2 Å². The van der Waals surface area contributed by atoms with Gasteiger partial charge in [-0.05, 0) is 36.8 Å². The number of rotatable bonds is 4. The van der Waals surface area contributed by atoms with Crippen LogP contribution in [-0.4, -0.2) is 20.9 Å². The van der Waals surface area contributed by atoms with E-state index < -0.39 is 0 Å². The van der Waals surface area contributed by atoms with Gasteiger partial charge in [0, 0.05) is 18.0 Å². The van der Waals surface area contributed by atoms with Crippen LogP contribution in [0.5, 0.6) is 11.5 Å². The molecule has 0 saturated carbocycles. The lowest BCUT2D eigenvalue weighted by Crippen LogP contribution is -2.13. The smallest absolute Gasteiger partial charge is 0.274 e. The fourth-order valence-electron chi connectivity index (χ4n) is 2.12. The minimum Gasteiger partial charge on any atom is -0.454 e. The molecular formula is C18H13N5O2. The summed E-state index contributed by atoms with van der Waals surface area (Å²) in [4.78, 5) is 24.1. The number of benzene rings is 1. The molecule has 7 heteroatoms. The Labute approximate surface area is 144 Å². The van der Waals surface area contributed by atoms with Crippen LogP contribution < -0.4 is 10.1 Å². The van der Waals surface area contributed by atoms with Crippen LogP contribution >= 0.6 is 0 Å². The number of aryl methyl sites for hydroxylation is 1. The lowest BCUT2D eigenvalue weighted by molar-refractivity contribution is 0.102. The minimum atomic E-state index is -0.368. The van der Waals surface area contributed by atoms with Crippen molar-refractivity contribution in [2.45, 2.75) is 6.92 Å². The number of anilines is 1. The van der Waals surface area contributed by atoms with Crippen LogP contribution in [-0.2, 0) is 0 Å². The molecule has 25 heavy (non-hydrogen) atoms. The third-order valence-corrected chi connectivity index (χ3v) is 3.21. The standard InChI is InChI=1S/C18H13N5O2/c1-12-2-3-22-17(4-12)18(24)23-14-5-13(8-19)6-15(7-14)25-16-9-20-11-21-10-16/h2-7,9-11H,1H3,(H,23,24). The summed E-state index contributed by atoms with van der Waals surface area (Å²) in [6.45, 7) is 1.88. The zero-order valence-corrected chi connectivity index (χ0v) is 13.3. The van der Waals surface area contributed by atoms with Crippen molar-refractivity contribution in [3.8, 4) is 17.6 Å². The molecule has 1 N–H and O–H groups in total. The predicted octanol–water partition coefficient (Wildman–Crippen LogP) is 3.10. The number of hydrogen-bond donors (Lipinski definition) is 1. The Morgan fingerprint density at radius 3 is 2.68 bits per heavy atom. The van der Waals surface area contributed by atoms with Crippen molar-refractivity contribution in [2.24, 2.45) is 0 Å². The summed E-state index contributed by atoms with van der Waals surface area (Å²) in [5, 5.41) is 11.9. The molecule has 0 bridgehead atoms. The van der Waals surface area contributed by atoms with Gasteiger partial charge in [-0.15, -0.1) is 0 Å². The maximum absolute atomic E-state index is 12.3. The van der Waals surface area contributed by atoms with Crippen molar-refractivity contribution < 1.29 is 9.53 Å². The monoisotopic (exact) mass is 331 g/mol. The summed E-state index contributed by atoms with van der Waals surface area (Å²) in [7, 11) is 0. The zero-order chi connectivity index (χ0) is 17.6. The molecule has 0 saturated heterocycles. The summed E-state index contributed by atoms with van der Waals surface area (Å²) in [6.07, 6.45) is 5.96. The molecule has 1 aromatic carbocycles. The Hall–Kier alpha value is -3.79. The van der Waals surface area contributed by atoms with E-state index in [4.69, 9.17) is 4.74 Å². The Kier molecular flexibility index (Phi) is 4.62. The number of amides is 1. The highest BCUT2D eigenvalue weighted by Gasteiger charge is 2.10. The maximum atomic E-state index is 12.3. The first-order valence-electron chi connectivity index (χ1n) is 7.36. The second-order valence-electron chi connectivity index (χ2n) is 5.21. The molecule has 2 aromatic heterocycles. The Morgan fingerprint density at radius 1 is 1.16 bits per heavy atom. The van der Waals surface area contributed by atoms with Crippen molar-refractivity contribution in [3.63, 3.8) is 0 Å². The fraction of sp³-hybridized carbons (Fsp3) is 0.0556. The van der Waals surface area contributed by atoms with Crippen LogP contribution in [0, 0.1) is 18.3 Å². The first-order chi connectivity index (χ1) is 12.1. The second kappa shape index (κ2) is 7.19. The van der Waals surface area contributed by atoms with Crippen molar-refractivity contribution >= 4 is 11.6 Å². The van der Waals surface area contributed by atoms with Gasteiger partial charge in [-0.1, -0.05) is 0 Å². The van der Waals surface area contributed by atoms with Crippen LogP contribution in [0.25, 0.3) is 0 Å². The largest absolute Gasteiger partial charge is 0.454 e. The first kappa shape index (κ1) is 16.1. The van der Waals surface area contributed by atoms with E-state index in [9.17, 15) is 10.1 Å². The SMILES string of the molecule is Cc1ccnc(C(=O)Nc2cc(C#N)cc(Oc3cncnc3)c2)c1. The van der Waals surface area contributed by atoms with Crippen LogP contribution in [0.3, 0.4) is 0 Å². The Morgan fingerprint density at radius 2 is 1.96 bits per heavy atom. The molecule has 0 fully saturated rings. The molecule has 0 unspecified atom stereocenters. The van der Waals surface area contributed by atoms with Crippen LogP contribution in [0.1, 0.15) is 21.6 Å². The molecule has 0 aliphatic heterocycles. The van der Waals surface area contributed by atoms with Gasteiger partial charge in [-0.2, -0.15) is 5.26 Å². The molecule has 0 aliphatic carbocycles. The number of nitrogens with one attached hydrogen (secondary N) is 1. The lowest BCUT2D eigenvalue weighted by Gasteiger charge is -2.09. The van der Waals surface area contributed by atoms with E-state index >= 15 is 0 Å². The molecule has 0 radical (unpaired) electrons. The maximum Gasteiger partial charge on any atom is 0.274 e. The highest BCUT2D eigenvalue weighted by atomic mass is 16.5. The summed E-state index contributed by atoms with van der Waals surface area (Å²) in [6, 6.07) is 10.3. The van der Waals surface area contributed by atoms with Gasteiger partial charge in [0.25, 0.3) is 5.91 Å². The molecule has 2 heterocycles. The quantitative estimate of drug-likeness (QED) is 0.788. The Bertz CT molecular complexity index is 951. The van der Waals surface area contributed by atoms with Crippen molar-refractivity contribution in [3.05, 3.63) is 72.1 Å². The third-order valence-electron chi connectivity index (χ3n) is 3.21. The fourth-order valence-corrected chi connectivity index (χ4v) is 2.12. The molecule has 7 nitrogen and oxygen atoms in total. The molecular weight excluding hydrogens is 318 g/mol. The number of aromatic nitrogens is 3. The van der Waals surface area contributed by atoms with E-state index in [1.807, 2.05) is 13.0 Å². The molecule has 0 atom stereocenters. The van der Waals surface area contributed by atoms with E-state index in [1.54, 1.807) is 36.5 Å². The van der Waals surface area contributed by atoms with Gasteiger partial charge < -0.3 is 10.1 Å². The van der Waals surface area contributed by atoms with E-state index in [0.717, 1.165) is 5.56 Å². The van der Waals surface area contributed by atoms with E-state index in [-0.39, 0.29) is 5.91 Å². The molecule has 3 aromatic rings. The molecule has 3 rings (SSSR count). The summed E-state index contributed by atoms with van der Waals surface area (Å²) < 4.78 is 5.62. The van der Waals surface area contributed by atoms with E-state index in [2.05, 4.69) is 20.3 Å². The number of ether oxygens (including phenoxy) is 1. The van der Waals surface area contributed by atoms with E-state index in [0.29, 0.717) is 28.4 Å². The van der Waals surface area contributed by atoms with Crippen molar-refractivity contribution in [1.82, 2.24) is 15.0 Å². The number of carbonyl (C=O) groups excluding carboxylic acids is 1. The summed E-state index contributed by atoms with van der Waals surface area (Å²) in [5.41, 5.74) is 2.00. The average molecular weight is 331 g/mol. The highest BCUT2D eigenvalue weighted by molar-refractivity contribution is 6.03. The van der Waals surface area contributed by atoms with Gasteiger partial charge in [-0.25, -0.2) is 9.97 Å². The van der Waals surface area contributed by atoms with Gasteiger partial charge in [0.1, 0.15) is 17.8 Å². The first-order valence-corrected chi connectivity index (χ1v) is 7.36. The normalized spacial score (nSPS) is 9.92. The summed E-state index contributed by atoms with van der Waals surface area (Å²) >= 11 is 0. The molecule has 122 valence electrons. The van der Waals surface area contributed by atoms with Crippen LogP contribution in [0.4, 0.5) is 5.69 Å². The number of nitriles is 1. The van der Waals surface area contributed by atoms with Crippen LogP contribution in [0.2, 0.25) is 0 Å². The second-order valence-corrected chi connectivity index (χ2v) is 5.21. The number of hydrogen-bond acceptors (Lipinski definition) is 6. The zero-order valence-electron chi connectivity index (χ0n) is 13.3.